The predicted molar refractivity (Wildman–Crippen MR) is 97.0 cm³/mol. The van der Waals surface area contributed by atoms with Crippen molar-refractivity contribution in [1.82, 2.24) is 14.5 Å². The fourth-order valence-electron chi connectivity index (χ4n) is 3.34. The molecule has 0 N–H and O–H groups in total. The van der Waals surface area contributed by atoms with Crippen molar-refractivity contribution >= 4 is 45.2 Å². The van der Waals surface area contributed by atoms with Gasteiger partial charge in [-0.05, 0) is 66.6 Å². The Hall–Kier alpha value is -0.330. The van der Waals surface area contributed by atoms with Gasteiger partial charge in [-0.25, -0.2) is 4.98 Å². The van der Waals surface area contributed by atoms with Gasteiger partial charge in [-0.3, -0.25) is 0 Å². The minimum atomic E-state index is 0.487. The number of imidazole rings is 1. The summed E-state index contributed by atoms with van der Waals surface area (Å²) in [6.45, 7) is 5.84. The first-order valence-electron chi connectivity index (χ1n) is 7.67. The standard InChI is InChI=1S/C16H21ClIN3/c1-2-7-20-8-5-13(6-9-20)21-15-4-3-12(18)10-14(15)19-16(21)11-17/h3-4,10,13H,2,5-9,11H2,1H3. The molecule has 1 aliphatic heterocycles. The van der Waals surface area contributed by atoms with Gasteiger partial charge in [0.25, 0.3) is 0 Å². The summed E-state index contributed by atoms with van der Waals surface area (Å²) in [7, 11) is 0. The van der Waals surface area contributed by atoms with Crippen LogP contribution in [-0.4, -0.2) is 34.1 Å². The smallest absolute Gasteiger partial charge is 0.125 e. The largest absolute Gasteiger partial charge is 0.324 e. The lowest BCUT2D eigenvalue weighted by Gasteiger charge is -2.33. The number of hydrogen-bond donors (Lipinski definition) is 0. The Morgan fingerprint density at radius 3 is 2.76 bits per heavy atom. The van der Waals surface area contributed by atoms with Crippen LogP contribution in [0.5, 0.6) is 0 Å². The number of piperidine rings is 1. The van der Waals surface area contributed by atoms with Crippen LogP contribution in [-0.2, 0) is 5.88 Å². The molecule has 1 saturated heterocycles. The molecule has 2 heterocycles. The lowest BCUT2D eigenvalue weighted by atomic mass is 10.0. The molecule has 3 rings (SSSR count). The Morgan fingerprint density at radius 1 is 1.33 bits per heavy atom. The molecule has 0 unspecified atom stereocenters. The molecule has 3 nitrogen and oxygen atoms in total. The Kier molecular flexibility index (Phi) is 5.07. The molecule has 5 heteroatoms. The normalized spacial score (nSPS) is 17.7. The molecule has 1 fully saturated rings. The van der Waals surface area contributed by atoms with E-state index in [4.69, 9.17) is 16.6 Å². The van der Waals surface area contributed by atoms with Crippen LogP contribution >= 0.6 is 34.2 Å². The molecule has 0 radical (unpaired) electrons. The zero-order valence-electron chi connectivity index (χ0n) is 12.4. The molecule has 21 heavy (non-hydrogen) atoms. The summed E-state index contributed by atoms with van der Waals surface area (Å²) in [5, 5.41) is 0. The molecule has 0 saturated carbocycles. The third-order valence-electron chi connectivity index (χ3n) is 4.31. The number of rotatable bonds is 4. The van der Waals surface area contributed by atoms with E-state index in [2.05, 4.69) is 57.2 Å². The molecule has 1 aromatic heterocycles. The fraction of sp³-hybridized carbons (Fsp3) is 0.562. The minimum absolute atomic E-state index is 0.487. The molecule has 0 amide bonds. The molecule has 1 aliphatic rings. The number of alkyl halides is 1. The van der Waals surface area contributed by atoms with Crippen molar-refractivity contribution in [2.45, 2.75) is 38.1 Å². The van der Waals surface area contributed by atoms with E-state index < -0.39 is 0 Å². The highest BCUT2D eigenvalue weighted by Crippen LogP contribution is 2.30. The van der Waals surface area contributed by atoms with E-state index in [1.807, 2.05) is 0 Å². The van der Waals surface area contributed by atoms with Crippen molar-refractivity contribution in [3.05, 3.63) is 27.6 Å². The summed E-state index contributed by atoms with van der Waals surface area (Å²) in [5.74, 6) is 1.50. The maximum Gasteiger partial charge on any atom is 0.125 e. The third kappa shape index (κ3) is 3.22. The summed E-state index contributed by atoms with van der Waals surface area (Å²) >= 11 is 8.48. The van der Waals surface area contributed by atoms with Crippen LogP contribution in [0.3, 0.4) is 0 Å². The molecule has 0 bridgehead atoms. The van der Waals surface area contributed by atoms with Gasteiger partial charge in [0, 0.05) is 22.7 Å². The molecular formula is C16H21ClIN3. The van der Waals surface area contributed by atoms with E-state index in [0.717, 1.165) is 11.3 Å². The van der Waals surface area contributed by atoms with Crippen LogP contribution in [0.1, 0.15) is 38.1 Å². The zero-order chi connectivity index (χ0) is 14.8. The van der Waals surface area contributed by atoms with Gasteiger partial charge in [-0.1, -0.05) is 6.92 Å². The molecule has 114 valence electrons. The van der Waals surface area contributed by atoms with Crippen molar-refractivity contribution in [1.29, 1.82) is 0 Å². The number of likely N-dealkylation sites (tertiary alicyclic amines) is 1. The average Bonchev–Trinajstić information content (AvgIpc) is 2.86. The van der Waals surface area contributed by atoms with E-state index in [1.165, 1.54) is 48.0 Å². The second kappa shape index (κ2) is 6.84. The zero-order valence-corrected chi connectivity index (χ0v) is 15.3. The molecule has 2 aromatic rings. The number of hydrogen-bond acceptors (Lipinski definition) is 2. The van der Waals surface area contributed by atoms with E-state index in [1.54, 1.807) is 0 Å². The Bertz CT molecular complexity index is 617. The van der Waals surface area contributed by atoms with Gasteiger partial charge >= 0.3 is 0 Å². The van der Waals surface area contributed by atoms with Gasteiger partial charge in [0.05, 0.1) is 16.9 Å². The van der Waals surface area contributed by atoms with Crippen LogP contribution < -0.4 is 0 Å². The predicted octanol–water partition coefficient (Wildman–Crippen LogP) is 4.43. The fourth-order valence-corrected chi connectivity index (χ4v) is 4.00. The average molecular weight is 418 g/mol. The summed E-state index contributed by atoms with van der Waals surface area (Å²) in [6, 6.07) is 7.04. The highest BCUT2D eigenvalue weighted by Gasteiger charge is 2.23. The Balaban J connectivity index is 1.89. The van der Waals surface area contributed by atoms with E-state index in [9.17, 15) is 0 Å². The molecule has 0 aliphatic carbocycles. The molecular weight excluding hydrogens is 397 g/mol. The third-order valence-corrected chi connectivity index (χ3v) is 5.22. The second-order valence-electron chi connectivity index (χ2n) is 5.74. The Morgan fingerprint density at radius 2 is 2.10 bits per heavy atom. The maximum absolute atomic E-state index is 6.15. The summed E-state index contributed by atoms with van der Waals surface area (Å²) in [4.78, 5) is 7.30. The number of benzene rings is 1. The first-order chi connectivity index (χ1) is 10.2. The molecule has 0 spiro atoms. The summed E-state index contributed by atoms with van der Waals surface area (Å²) in [5.41, 5.74) is 2.31. The van der Waals surface area contributed by atoms with Crippen LogP contribution in [0, 0.1) is 3.57 Å². The van der Waals surface area contributed by atoms with Gasteiger partial charge in [0.2, 0.25) is 0 Å². The first-order valence-corrected chi connectivity index (χ1v) is 9.29. The van der Waals surface area contributed by atoms with Gasteiger partial charge < -0.3 is 9.47 Å². The number of nitrogens with zero attached hydrogens (tertiary/aromatic N) is 3. The lowest BCUT2D eigenvalue weighted by Crippen LogP contribution is -2.35. The monoisotopic (exact) mass is 417 g/mol. The summed E-state index contributed by atoms with van der Waals surface area (Å²) in [6.07, 6.45) is 3.63. The number of aromatic nitrogens is 2. The van der Waals surface area contributed by atoms with Crippen LogP contribution in [0.2, 0.25) is 0 Å². The van der Waals surface area contributed by atoms with Crippen LogP contribution in [0.25, 0.3) is 11.0 Å². The second-order valence-corrected chi connectivity index (χ2v) is 7.25. The van der Waals surface area contributed by atoms with Gasteiger partial charge in [0.15, 0.2) is 0 Å². The van der Waals surface area contributed by atoms with E-state index in [0.29, 0.717) is 11.9 Å². The number of fused-ring (bicyclic) bond motifs is 1. The topological polar surface area (TPSA) is 21.1 Å². The van der Waals surface area contributed by atoms with Crippen molar-refractivity contribution in [3.8, 4) is 0 Å². The van der Waals surface area contributed by atoms with Gasteiger partial charge in [0.1, 0.15) is 5.82 Å². The molecule has 1 aromatic carbocycles. The van der Waals surface area contributed by atoms with Crippen molar-refractivity contribution in [2.75, 3.05) is 19.6 Å². The van der Waals surface area contributed by atoms with E-state index in [-0.39, 0.29) is 0 Å². The van der Waals surface area contributed by atoms with Gasteiger partial charge in [-0.2, -0.15) is 0 Å². The highest BCUT2D eigenvalue weighted by atomic mass is 127. The van der Waals surface area contributed by atoms with Crippen LogP contribution in [0.4, 0.5) is 0 Å². The van der Waals surface area contributed by atoms with Crippen molar-refractivity contribution in [3.63, 3.8) is 0 Å². The van der Waals surface area contributed by atoms with Crippen LogP contribution in [0.15, 0.2) is 18.2 Å². The Labute approximate surface area is 144 Å². The number of halogens is 2. The highest BCUT2D eigenvalue weighted by molar-refractivity contribution is 14.1. The maximum atomic E-state index is 6.15. The molecule has 0 atom stereocenters. The first kappa shape index (κ1) is 15.6. The minimum Gasteiger partial charge on any atom is -0.324 e. The van der Waals surface area contributed by atoms with E-state index >= 15 is 0 Å². The van der Waals surface area contributed by atoms with Gasteiger partial charge in [-0.15, -0.1) is 11.6 Å². The summed E-state index contributed by atoms with van der Waals surface area (Å²) < 4.78 is 3.62. The SMILES string of the molecule is CCCN1CCC(n2c(CCl)nc3cc(I)ccc32)CC1. The van der Waals surface area contributed by atoms with Crippen molar-refractivity contribution in [2.24, 2.45) is 0 Å². The lowest BCUT2D eigenvalue weighted by molar-refractivity contribution is 0.187. The quantitative estimate of drug-likeness (QED) is 0.542. The van der Waals surface area contributed by atoms with Crippen molar-refractivity contribution < 1.29 is 0 Å².